The molecule has 110 valence electrons. The Bertz CT molecular complexity index is 462. The lowest BCUT2D eigenvalue weighted by Gasteiger charge is -2.26. The van der Waals surface area contributed by atoms with Crippen LogP contribution in [-0.4, -0.2) is 38.4 Å². The minimum absolute atomic E-state index is 0.0868. The third-order valence-electron chi connectivity index (χ3n) is 2.91. The molecule has 1 fully saturated rings. The molecule has 0 bridgehead atoms. The number of amides is 1. The molecule has 1 saturated heterocycles. The van der Waals surface area contributed by atoms with E-state index in [1.54, 1.807) is 0 Å². The maximum absolute atomic E-state index is 11.4. The van der Waals surface area contributed by atoms with E-state index in [4.69, 9.17) is 9.15 Å². The summed E-state index contributed by atoms with van der Waals surface area (Å²) in [6, 6.07) is 3.74. The lowest BCUT2D eigenvalue weighted by atomic mass is 10.1. The van der Waals surface area contributed by atoms with Gasteiger partial charge in [0.25, 0.3) is 0 Å². The number of hydrogen-bond acceptors (Lipinski definition) is 5. The van der Waals surface area contributed by atoms with E-state index >= 15 is 0 Å². The van der Waals surface area contributed by atoms with Crippen molar-refractivity contribution in [3.05, 3.63) is 17.9 Å². The van der Waals surface area contributed by atoms with E-state index in [2.05, 4.69) is 15.4 Å². The number of nitrogens with zero attached hydrogens (tertiary/aromatic N) is 2. The maximum atomic E-state index is 11.4. The van der Waals surface area contributed by atoms with Gasteiger partial charge in [0.1, 0.15) is 5.76 Å². The largest absolute Gasteiger partial charge is 0.440 e. The number of carbonyl (C=O) groups excluding carboxylic acids is 1. The molecule has 0 unspecified atom stereocenters. The van der Waals surface area contributed by atoms with Crippen LogP contribution in [0.2, 0.25) is 0 Å². The Balaban J connectivity index is 1.84. The monoisotopic (exact) mass is 279 g/mol. The molecule has 1 aliphatic heterocycles. The summed E-state index contributed by atoms with van der Waals surface area (Å²) in [5.74, 6) is 1.66. The van der Waals surface area contributed by atoms with E-state index in [0.717, 1.165) is 32.2 Å². The van der Waals surface area contributed by atoms with Crippen molar-refractivity contribution in [3.63, 3.8) is 0 Å². The van der Waals surface area contributed by atoms with Crippen molar-refractivity contribution < 1.29 is 13.9 Å². The fraction of sp³-hybridized carbons (Fsp3) is 0.571. The molecule has 0 spiro atoms. The number of anilines is 1. The van der Waals surface area contributed by atoms with Gasteiger partial charge in [0.05, 0.1) is 19.4 Å². The molecule has 0 saturated carbocycles. The normalized spacial score (nSPS) is 16.1. The molecule has 2 heterocycles. The molecule has 6 heteroatoms. The Morgan fingerprint density at radius 3 is 2.90 bits per heavy atom. The van der Waals surface area contributed by atoms with Crippen molar-refractivity contribution in [3.8, 4) is 0 Å². The summed E-state index contributed by atoms with van der Waals surface area (Å²) in [4.78, 5) is 13.5. The second-order valence-corrected chi connectivity index (χ2v) is 5.17. The predicted octanol–water partition coefficient (Wildman–Crippen LogP) is 1.61. The van der Waals surface area contributed by atoms with Gasteiger partial charge in [-0.1, -0.05) is 13.8 Å². The Labute approximate surface area is 118 Å². The summed E-state index contributed by atoms with van der Waals surface area (Å²) in [7, 11) is 0. The average molecular weight is 279 g/mol. The van der Waals surface area contributed by atoms with Crippen molar-refractivity contribution >= 4 is 18.0 Å². The zero-order valence-corrected chi connectivity index (χ0v) is 12.0. The smallest absolute Gasteiger partial charge is 0.240 e. The van der Waals surface area contributed by atoms with Crippen LogP contribution >= 0.6 is 0 Å². The lowest BCUT2D eigenvalue weighted by molar-refractivity contribution is -0.121. The molecule has 1 N–H and O–H groups in total. The van der Waals surface area contributed by atoms with E-state index in [-0.39, 0.29) is 5.91 Å². The zero-order chi connectivity index (χ0) is 14.4. The molecular weight excluding hydrogens is 258 g/mol. The second-order valence-electron chi connectivity index (χ2n) is 5.17. The topological polar surface area (TPSA) is 67.1 Å². The molecular formula is C14H21N3O3. The summed E-state index contributed by atoms with van der Waals surface area (Å²) in [6.45, 7) is 7.07. The van der Waals surface area contributed by atoms with Gasteiger partial charge in [-0.15, -0.1) is 0 Å². The average Bonchev–Trinajstić information content (AvgIpc) is 2.88. The first-order valence-corrected chi connectivity index (χ1v) is 6.89. The highest BCUT2D eigenvalue weighted by Gasteiger charge is 2.14. The molecule has 20 heavy (non-hydrogen) atoms. The molecule has 1 aromatic heterocycles. The van der Waals surface area contributed by atoms with Gasteiger partial charge in [-0.3, -0.25) is 4.79 Å². The molecule has 1 aromatic rings. The fourth-order valence-electron chi connectivity index (χ4n) is 1.95. The van der Waals surface area contributed by atoms with Crippen LogP contribution in [0.5, 0.6) is 0 Å². The van der Waals surface area contributed by atoms with Crippen LogP contribution < -0.4 is 10.3 Å². The Hall–Kier alpha value is -1.82. The van der Waals surface area contributed by atoms with Crippen molar-refractivity contribution in [1.29, 1.82) is 0 Å². The molecule has 6 nitrogen and oxygen atoms in total. The Kier molecular flexibility index (Phi) is 5.17. The molecule has 0 aliphatic carbocycles. The van der Waals surface area contributed by atoms with E-state index in [1.165, 1.54) is 6.21 Å². The molecule has 1 aliphatic rings. The molecule has 0 aromatic carbocycles. The van der Waals surface area contributed by atoms with Crippen LogP contribution in [0.4, 0.5) is 5.88 Å². The van der Waals surface area contributed by atoms with Crippen LogP contribution in [0.25, 0.3) is 0 Å². The van der Waals surface area contributed by atoms with E-state index < -0.39 is 0 Å². The number of nitrogens with one attached hydrogen (secondary N) is 1. The van der Waals surface area contributed by atoms with E-state index in [1.807, 2.05) is 26.0 Å². The lowest BCUT2D eigenvalue weighted by Crippen LogP contribution is -2.35. The van der Waals surface area contributed by atoms with Crippen LogP contribution in [0, 0.1) is 5.92 Å². The first-order chi connectivity index (χ1) is 9.65. The second kappa shape index (κ2) is 7.09. The highest BCUT2D eigenvalue weighted by Crippen LogP contribution is 2.18. The van der Waals surface area contributed by atoms with Crippen LogP contribution in [0.3, 0.4) is 0 Å². The summed E-state index contributed by atoms with van der Waals surface area (Å²) < 4.78 is 10.9. The molecule has 0 radical (unpaired) electrons. The number of carbonyl (C=O) groups is 1. The quantitative estimate of drug-likeness (QED) is 0.657. The zero-order valence-electron chi connectivity index (χ0n) is 12.0. The number of rotatable bonds is 5. The van der Waals surface area contributed by atoms with Crippen molar-refractivity contribution in [2.45, 2.75) is 20.3 Å². The van der Waals surface area contributed by atoms with Crippen molar-refractivity contribution in [2.75, 3.05) is 31.2 Å². The molecule has 1 amide bonds. The van der Waals surface area contributed by atoms with Gasteiger partial charge >= 0.3 is 0 Å². The maximum Gasteiger partial charge on any atom is 0.240 e. The Morgan fingerprint density at radius 1 is 1.45 bits per heavy atom. The van der Waals surface area contributed by atoms with Gasteiger partial charge in [-0.2, -0.15) is 5.10 Å². The Morgan fingerprint density at radius 2 is 2.20 bits per heavy atom. The number of hydrazone groups is 1. The summed E-state index contributed by atoms with van der Waals surface area (Å²) in [5.41, 5.74) is 2.49. The SMILES string of the molecule is CC(C)CC(=O)N/N=C\c1ccc(N2CCOCC2)o1. The van der Waals surface area contributed by atoms with Gasteiger partial charge in [0.2, 0.25) is 5.91 Å². The van der Waals surface area contributed by atoms with E-state index in [9.17, 15) is 4.79 Å². The predicted molar refractivity (Wildman–Crippen MR) is 76.9 cm³/mol. The number of hydrogen-bond donors (Lipinski definition) is 1. The van der Waals surface area contributed by atoms with Crippen LogP contribution in [0.1, 0.15) is 26.0 Å². The summed E-state index contributed by atoms with van der Waals surface area (Å²) in [6.07, 6.45) is 1.98. The van der Waals surface area contributed by atoms with Crippen molar-refractivity contribution in [1.82, 2.24) is 5.43 Å². The standard InChI is InChI=1S/C14H21N3O3/c1-11(2)9-13(18)16-15-10-12-3-4-14(20-12)17-5-7-19-8-6-17/h3-4,10-11H,5-9H2,1-2H3,(H,16,18)/b15-10-. The minimum atomic E-state index is -0.0868. The minimum Gasteiger partial charge on any atom is -0.440 e. The summed E-state index contributed by atoms with van der Waals surface area (Å²) in [5, 5.41) is 3.89. The van der Waals surface area contributed by atoms with Crippen LogP contribution in [0.15, 0.2) is 21.7 Å². The van der Waals surface area contributed by atoms with Gasteiger partial charge in [-0.05, 0) is 12.0 Å². The van der Waals surface area contributed by atoms with Crippen molar-refractivity contribution in [2.24, 2.45) is 11.0 Å². The highest BCUT2D eigenvalue weighted by molar-refractivity contribution is 5.80. The number of morpholine rings is 1. The van der Waals surface area contributed by atoms with E-state index in [0.29, 0.717) is 18.1 Å². The first-order valence-electron chi connectivity index (χ1n) is 6.89. The number of furan rings is 1. The van der Waals surface area contributed by atoms with Gasteiger partial charge in [-0.25, -0.2) is 5.43 Å². The number of ether oxygens (including phenoxy) is 1. The highest BCUT2D eigenvalue weighted by atomic mass is 16.5. The third kappa shape index (κ3) is 4.38. The van der Waals surface area contributed by atoms with Gasteiger partial charge < -0.3 is 14.1 Å². The van der Waals surface area contributed by atoms with Crippen LogP contribution in [-0.2, 0) is 9.53 Å². The first kappa shape index (κ1) is 14.6. The molecule has 0 atom stereocenters. The molecule has 2 rings (SSSR count). The van der Waals surface area contributed by atoms with Gasteiger partial charge in [0, 0.05) is 25.6 Å². The van der Waals surface area contributed by atoms with Gasteiger partial charge in [0.15, 0.2) is 5.88 Å². The fourth-order valence-corrected chi connectivity index (χ4v) is 1.95. The third-order valence-corrected chi connectivity index (χ3v) is 2.91. The summed E-state index contributed by atoms with van der Waals surface area (Å²) >= 11 is 0.